The number of pyridine rings is 1. The predicted molar refractivity (Wildman–Crippen MR) is 86.2 cm³/mol. The van der Waals surface area contributed by atoms with Crippen molar-refractivity contribution in [3.05, 3.63) is 54.2 Å². The van der Waals surface area contributed by atoms with E-state index in [-0.39, 0.29) is 24.2 Å². The van der Waals surface area contributed by atoms with E-state index in [4.69, 9.17) is 4.74 Å². The lowest BCUT2D eigenvalue weighted by Gasteiger charge is -2.25. The average molecular weight is 320 g/mol. The SMILES string of the molecule is Cl.O=C(NCc1ccc(Oc2ccccc2)nc1)C1CNC1. The first-order chi connectivity index (χ1) is 10.3. The molecule has 2 aromatic rings. The summed E-state index contributed by atoms with van der Waals surface area (Å²) in [7, 11) is 0. The number of nitrogens with one attached hydrogen (secondary N) is 2. The Morgan fingerprint density at radius 3 is 2.59 bits per heavy atom. The summed E-state index contributed by atoms with van der Waals surface area (Å²) < 4.78 is 5.62. The Morgan fingerprint density at radius 2 is 2.00 bits per heavy atom. The van der Waals surface area contributed by atoms with Gasteiger partial charge >= 0.3 is 0 Å². The Labute approximate surface area is 135 Å². The Morgan fingerprint density at radius 1 is 1.23 bits per heavy atom. The van der Waals surface area contributed by atoms with Crippen molar-refractivity contribution in [1.82, 2.24) is 15.6 Å². The fraction of sp³-hybridized carbons (Fsp3) is 0.250. The molecule has 1 aliphatic rings. The van der Waals surface area contributed by atoms with Crippen LogP contribution in [-0.4, -0.2) is 24.0 Å². The highest BCUT2D eigenvalue weighted by Crippen LogP contribution is 2.18. The van der Waals surface area contributed by atoms with Crippen LogP contribution in [0.4, 0.5) is 0 Å². The van der Waals surface area contributed by atoms with Crippen molar-refractivity contribution in [3.63, 3.8) is 0 Å². The van der Waals surface area contributed by atoms with Crippen molar-refractivity contribution in [2.24, 2.45) is 5.92 Å². The highest BCUT2D eigenvalue weighted by atomic mass is 35.5. The molecule has 0 aliphatic carbocycles. The van der Waals surface area contributed by atoms with Gasteiger partial charge in [-0.25, -0.2) is 4.98 Å². The second kappa shape index (κ2) is 7.77. The molecule has 0 atom stereocenters. The minimum atomic E-state index is 0. The molecule has 1 fully saturated rings. The Balaban J connectivity index is 0.00000176. The van der Waals surface area contributed by atoms with Gasteiger partial charge in [0.25, 0.3) is 0 Å². The van der Waals surface area contributed by atoms with E-state index < -0.39 is 0 Å². The summed E-state index contributed by atoms with van der Waals surface area (Å²) in [6, 6.07) is 13.2. The fourth-order valence-electron chi connectivity index (χ4n) is 1.99. The van der Waals surface area contributed by atoms with Gasteiger partial charge in [-0.3, -0.25) is 4.79 Å². The van der Waals surface area contributed by atoms with Gasteiger partial charge < -0.3 is 15.4 Å². The molecule has 0 unspecified atom stereocenters. The lowest BCUT2D eigenvalue weighted by atomic mass is 10.0. The number of hydrogen-bond acceptors (Lipinski definition) is 4. The second-order valence-electron chi connectivity index (χ2n) is 4.99. The molecule has 0 bridgehead atoms. The van der Waals surface area contributed by atoms with Crippen molar-refractivity contribution >= 4 is 18.3 Å². The highest BCUT2D eigenvalue weighted by Gasteiger charge is 2.24. The summed E-state index contributed by atoms with van der Waals surface area (Å²) in [5.41, 5.74) is 0.955. The predicted octanol–water partition coefficient (Wildman–Crippen LogP) is 2.13. The van der Waals surface area contributed by atoms with Crippen molar-refractivity contribution in [2.45, 2.75) is 6.54 Å². The number of carbonyl (C=O) groups is 1. The van der Waals surface area contributed by atoms with Crippen LogP contribution in [-0.2, 0) is 11.3 Å². The number of ether oxygens (including phenoxy) is 1. The van der Waals surface area contributed by atoms with Gasteiger partial charge in [0.1, 0.15) is 5.75 Å². The van der Waals surface area contributed by atoms with Crippen LogP contribution in [0.5, 0.6) is 11.6 Å². The summed E-state index contributed by atoms with van der Waals surface area (Å²) in [6.07, 6.45) is 1.72. The molecule has 0 spiro atoms. The first-order valence-electron chi connectivity index (χ1n) is 6.97. The monoisotopic (exact) mass is 319 g/mol. The average Bonchev–Trinajstić information content (AvgIpc) is 2.46. The highest BCUT2D eigenvalue weighted by molar-refractivity contribution is 5.85. The number of benzene rings is 1. The molecule has 2 heterocycles. The molecule has 5 nitrogen and oxygen atoms in total. The summed E-state index contributed by atoms with van der Waals surface area (Å²) in [5, 5.41) is 5.99. The maximum atomic E-state index is 11.7. The van der Waals surface area contributed by atoms with Crippen LogP contribution in [0.2, 0.25) is 0 Å². The van der Waals surface area contributed by atoms with Crippen molar-refractivity contribution in [2.75, 3.05) is 13.1 Å². The molecule has 22 heavy (non-hydrogen) atoms. The first kappa shape index (κ1) is 16.3. The van der Waals surface area contributed by atoms with Crippen LogP contribution in [0.15, 0.2) is 48.7 Å². The first-order valence-corrected chi connectivity index (χ1v) is 6.97. The zero-order valence-corrected chi connectivity index (χ0v) is 12.8. The van der Waals surface area contributed by atoms with Gasteiger partial charge in [-0.1, -0.05) is 24.3 Å². The van der Waals surface area contributed by atoms with Gasteiger partial charge in [0, 0.05) is 31.9 Å². The summed E-state index contributed by atoms with van der Waals surface area (Å²) in [4.78, 5) is 16.0. The molecule has 0 saturated carbocycles. The van der Waals surface area contributed by atoms with Crippen LogP contribution in [0.25, 0.3) is 0 Å². The number of hydrogen-bond donors (Lipinski definition) is 2. The molecular weight excluding hydrogens is 302 g/mol. The number of para-hydroxylation sites is 1. The zero-order chi connectivity index (χ0) is 14.5. The molecule has 1 saturated heterocycles. The normalized spacial score (nSPS) is 13.6. The number of amides is 1. The van der Waals surface area contributed by atoms with Gasteiger partial charge in [0.2, 0.25) is 11.8 Å². The Bertz CT molecular complexity index is 601. The van der Waals surface area contributed by atoms with Gasteiger partial charge in [-0.2, -0.15) is 0 Å². The summed E-state index contributed by atoms with van der Waals surface area (Å²) in [6.45, 7) is 2.04. The molecule has 6 heteroatoms. The van der Waals surface area contributed by atoms with E-state index in [9.17, 15) is 4.79 Å². The summed E-state index contributed by atoms with van der Waals surface area (Å²) in [5.74, 6) is 1.50. The van der Waals surface area contributed by atoms with Crippen molar-refractivity contribution in [1.29, 1.82) is 0 Å². The van der Waals surface area contributed by atoms with E-state index in [1.165, 1.54) is 0 Å². The molecule has 1 aromatic carbocycles. The van der Waals surface area contributed by atoms with Crippen LogP contribution >= 0.6 is 12.4 Å². The second-order valence-corrected chi connectivity index (χ2v) is 4.99. The van der Waals surface area contributed by atoms with E-state index in [0.717, 1.165) is 24.4 Å². The number of carbonyl (C=O) groups excluding carboxylic acids is 1. The quantitative estimate of drug-likeness (QED) is 0.886. The zero-order valence-electron chi connectivity index (χ0n) is 12.0. The lowest BCUT2D eigenvalue weighted by Crippen LogP contribution is -2.50. The van der Waals surface area contributed by atoms with Crippen molar-refractivity contribution in [3.8, 4) is 11.6 Å². The molecule has 2 N–H and O–H groups in total. The van der Waals surface area contributed by atoms with Gasteiger partial charge in [0.15, 0.2) is 0 Å². The van der Waals surface area contributed by atoms with E-state index in [1.807, 2.05) is 36.4 Å². The third kappa shape index (κ3) is 4.19. The van der Waals surface area contributed by atoms with E-state index in [1.54, 1.807) is 12.3 Å². The molecule has 0 radical (unpaired) electrons. The third-order valence-electron chi connectivity index (χ3n) is 3.38. The topological polar surface area (TPSA) is 63.2 Å². The third-order valence-corrected chi connectivity index (χ3v) is 3.38. The van der Waals surface area contributed by atoms with Crippen LogP contribution in [0, 0.1) is 5.92 Å². The van der Waals surface area contributed by atoms with E-state index in [0.29, 0.717) is 12.4 Å². The molecule has 3 rings (SSSR count). The Kier molecular flexibility index (Phi) is 5.75. The minimum absolute atomic E-state index is 0. The fourth-order valence-corrected chi connectivity index (χ4v) is 1.99. The minimum Gasteiger partial charge on any atom is -0.439 e. The number of halogens is 1. The summed E-state index contributed by atoms with van der Waals surface area (Å²) >= 11 is 0. The van der Waals surface area contributed by atoms with E-state index >= 15 is 0 Å². The van der Waals surface area contributed by atoms with Crippen LogP contribution in [0.1, 0.15) is 5.56 Å². The molecule has 1 aromatic heterocycles. The maximum absolute atomic E-state index is 11.7. The molecular formula is C16H18ClN3O2. The standard InChI is InChI=1S/C16H17N3O2.ClH/c20-16(13-10-17-11-13)19-9-12-6-7-15(18-8-12)21-14-4-2-1-3-5-14;/h1-8,13,17H,9-11H2,(H,19,20);1H. The van der Waals surface area contributed by atoms with Crippen LogP contribution < -0.4 is 15.4 Å². The van der Waals surface area contributed by atoms with Crippen LogP contribution in [0.3, 0.4) is 0 Å². The molecule has 116 valence electrons. The molecule has 1 amide bonds. The molecule has 1 aliphatic heterocycles. The van der Waals surface area contributed by atoms with Gasteiger partial charge in [-0.05, 0) is 17.7 Å². The Hall–Kier alpha value is -2.11. The van der Waals surface area contributed by atoms with E-state index in [2.05, 4.69) is 15.6 Å². The number of rotatable bonds is 5. The smallest absolute Gasteiger partial charge is 0.225 e. The maximum Gasteiger partial charge on any atom is 0.225 e. The number of nitrogens with zero attached hydrogens (tertiary/aromatic N) is 1. The lowest BCUT2D eigenvalue weighted by molar-refractivity contribution is -0.126. The largest absolute Gasteiger partial charge is 0.439 e. The number of aromatic nitrogens is 1. The van der Waals surface area contributed by atoms with Gasteiger partial charge in [-0.15, -0.1) is 12.4 Å². The van der Waals surface area contributed by atoms with Crippen molar-refractivity contribution < 1.29 is 9.53 Å². The van der Waals surface area contributed by atoms with Gasteiger partial charge in [0.05, 0.1) is 5.92 Å².